The second kappa shape index (κ2) is 7.28. The van der Waals surface area contributed by atoms with E-state index in [-0.39, 0.29) is 6.10 Å². The number of fused-ring (bicyclic) bond motifs is 1. The van der Waals surface area contributed by atoms with Gasteiger partial charge >= 0.3 is 0 Å². The minimum atomic E-state index is -0.151. The first-order chi connectivity index (χ1) is 12.2. The lowest BCUT2D eigenvalue weighted by Gasteiger charge is -2.44. The van der Waals surface area contributed by atoms with E-state index in [0.717, 1.165) is 39.0 Å². The average molecular weight is 336 g/mol. The first-order valence-corrected chi connectivity index (χ1v) is 9.43. The van der Waals surface area contributed by atoms with Crippen LogP contribution in [0.3, 0.4) is 0 Å². The van der Waals surface area contributed by atoms with Gasteiger partial charge in [-0.05, 0) is 30.9 Å². The number of rotatable bonds is 4. The summed E-state index contributed by atoms with van der Waals surface area (Å²) in [7, 11) is 0. The lowest BCUT2D eigenvalue weighted by Crippen LogP contribution is -2.56. The number of hydrogen-bond donors (Lipinski definition) is 1. The van der Waals surface area contributed by atoms with Crippen molar-refractivity contribution in [2.24, 2.45) is 0 Å². The van der Waals surface area contributed by atoms with Gasteiger partial charge in [0.15, 0.2) is 0 Å². The molecule has 2 fully saturated rings. The monoisotopic (exact) mass is 336 g/mol. The third-order valence-corrected chi connectivity index (χ3v) is 5.73. The summed E-state index contributed by atoms with van der Waals surface area (Å²) in [4.78, 5) is 5.14. The molecule has 3 nitrogen and oxygen atoms in total. The molecule has 0 spiro atoms. The van der Waals surface area contributed by atoms with Crippen molar-refractivity contribution >= 4 is 0 Å². The van der Waals surface area contributed by atoms with Crippen LogP contribution in [-0.4, -0.2) is 52.7 Å². The van der Waals surface area contributed by atoms with E-state index in [1.807, 2.05) is 0 Å². The van der Waals surface area contributed by atoms with Gasteiger partial charge in [-0.3, -0.25) is 9.80 Å². The molecule has 0 radical (unpaired) electrons. The molecule has 0 aliphatic carbocycles. The molecule has 2 aliphatic rings. The second-order valence-corrected chi connectivity index (χ2v) is 7.76. The zero-order chi connectivity index (χ0) is 17.2. The summed E-state index contributed by atoms with van der Waals surface area (Å²) in [6, 6.07) is 20.7. The minimum Gasteiger partial charge on any atom is -0.392 e. The molecule has 25 heavy (non-hydrogen) atoms. The Morgan fingerprint density at radius 1 is 0.920 bits per heavy atom. The van der Waals surface area contributed by atoms with Gasteiger partial charge < -0.3 is 5.11 Å². The first kappa shape index (κ1) is 16.8. The molecule has 2 heterocycles. The molecule has 0 amide bonds. The highest BCUT2D eigenvalue weighted by atomic mass is 16.3. The molecule has 4 rings (SSSR count). The van der Waals surface area contributed by atoms with E-state index in [4.69, 9.17) is 0 Å². The van der Waals surface area contributed by atoms with E-state index in [1.54, 1.807) is 0 Å². The molecule has 0 unspecified atom stereocenters. The number of aryl methyl sites for hydroxylation is 1. The van der Waals surface area contributed by atoms with E-state index in [0.29, 0.717) is 12.1 Å². The maximum Gasteiger partial charge on any atom is 0.0682 e. The SMILES string of the molecule is Cc1ccc(CN2C[C@@H]3C[C@@H](O)CN3C[C@H]2Cc2ccccc2)cc1. The number of nitrogens with zero attached hydrogens (tertiary/aromatic N) is 2. The topological polar surface area (TPSA) is 26.7 Å². The van der Waals surface area contributed by atoms with Crippen molar-refractivity contribution in [3.05, 3.63) is 71.3 Å². The molecule has 0 saturated carbocycles. The molecule has 132 valence electrons. The number of piperazine rings is 1. The van der Waals surface area contributed by atoms with Crippen LogP contribution in [0.1, 0.15) is 23.1 Å². The molecular formula is C22H28N2O. The first-order valence-electron chi connectivity index (χ1n) is 9.43. The fourth-order valence-corrected chi connectivity index (χ4v) is 4.38. The summed E-state index contributed by atoms with van der Waals surface area (Å²) in [6.45, 7) is 6.10. The molecule has 0 aromatic heterocycles. The van der Waals surface area contributed by atoms with Gasteiger partial charge in [0.1, 0.15) is 0 Å². The number of aliphatic hydroxyl groups excluding tert-OH is 1. The van der Waals surface area contributed by atoms with Crippen LogP contribution in [0.2, 0.25) is 0 Å². The molecule has 0 bridgehead atoms. The van der Waals surface area contributed by atoms with Crippen LogP contribution in [0, 0.1) is 6.92 Å². The van der Waals surface area contributed by atoms with Crippen LogP contribution >= 0.6 is 0 Å². The smallest absolute Gasteiger partial charge is 0.0682 e. The summed E-state index contributed by atoms with van der Waals surface area (Å²) in [5.41, 5.74) is 4.10. The van der Waals surface area contributed by atoms with Crippen molar-refractivity contribution in [1.29, 1.82) is 0 Å². The molecule has 2 aliphatic heterocycles. The Hall–Kier alpha value is -1.68. The van der Waals surface area contributed by atoms with Gasteiger partial charge in [-0.1, -0.05) is 60.2 Å². The van der Waals surface area contributed by atoms with Gasteiger partial charge in [0.05, 0.1) is 6.10 Å². The van der Waals surface area contributed by atoms with Crippen molar-refractivity contribution in [2.45, 2.75) is 44.5 Å². The van der Waals surface area contributed by atoms with Gasteiger partial charge in [0.25, 0.3) is 0 Å². The lowest BCUT2D eigenvalue weighted by atomic mass is 9.99. The zero-order valence-electron chi connectivity index (χ0n) is 15.0. The van der Waals surface area contributed by atoms with Gasteiger partial charge in [0, 0.05) is 38.3 Å². The summed E-state index contributed by atoms with van der Waals surface area (Å²) in [5.74, 6) is 0. The molecule has 3 atom stereocenters. The third-order valence-electron chi connectivity index (χ3n) is 5.73. The Morgan fingerprint density at radius 3 is 2.44 bits per heavy atom. The maximum atomic E-state index is 10.1. The van der Waals surface area contributed by atoms with Crippen molar-refractivity contribution < 1.29 is 5.11 Å². The van der Waals surface area contributed by atoms with Gasteiger partial charge in [-0.25, -0.2) is 0 Å². The summed E-state index contributed by atoms with van der Waals surface area (Å²) in [6.07, 6.45) is 1.84. The molecular weight excluding hydrogens is 308 g/mol. The number of hydrogen-bond acceptors (Lipinski definition) is 3. The zero-order valence-corrected chi connectivity index (χ0v) is 15.0. The highest BCUT2D eigenvalue weighted by molar-refractivity contribution is 5.22. The Balaban J connectivity index is 1.52. The van der Waals surface area contributed by atoms with Crippen molar-refractivity contribution in [2.75, 3.05) is 19.6 Å². The highest BCUT2D eigenvalue weighted by Crippen LogP contribution is 2.27. The fourth-order valence-electron chi connectivity index (χ4n) is 4.38. The molecule has 2 aromatic rings. The van der Waals surface area contributed by atoms with Crippen molar-refractivity contribution in [1.82, 2.24) is 9.80 Å². The van der Waals surface area contributed by atoms with Crippen molar-refractivity contribution in [3.63, 3.8) is 0 Å². The summed E-state index contributed by atoms with van der Waals surface area (Å²) in [5, 5.41) is 10.1. The van der Waals surface area contributed by atoms with Crippen LogP contribution in [0.5, 0.6) is 0 Å². The van der Waals surface area contributed by atoms with Gasteiger partial charge in [0.2, 0.25) is 0 Å². The van der Waals surface area contributed by atoms with E-state index in [9.17, 15) is 5.11 Å². The van der Waals surface area contributed by atoms with E-state index < -0.39 is 0 Å². The maximum absolute atomic E-state index is 10.1. The third kappa shape index (κ3) is 3.95. The van der Waals surface area contributed by atoms with Crippen LogP contribution in [-0.2, 0) is 13.0 Å². The summed E-state index contributed by atoms with van der Waals surface area (Å²) < 4.78 is 0. The highest BCUT2D eigenvalue weighted by Gasteiger charge is 2.39. The van der Waals surface area contributed by atoms with E-state index in [2.05, 4.69) is 71.3 Å². The van der Waals surface area contributed by atoms with Crippen LogP contribution in [0.4, 0.5) is 0 Å². The van der Waals surface area contributed by atoms with Gasteiger partial charge in [-0.2, -0.15) is 0 Å². The predicted octanol–water partition coefficient (Wildman–Crippen LogP) is 2.86. The van der Waals surface area contributed by atoms with Crippen molar-refractivity contribution in [3.8, 4) is 0 Å². The van der Waals surface area contributed by atoms with Crippen LogP contribution in [0.25, 0.3) is 0 Å². The standard InChI is InChI=1S/C22H28N2O/c1-17-7-9-19(10-8-17)13-23-15-21-12-22(25)16-24(21)14-20(23)11-18-5-3-2-4-6-18/h2-10,20-22,25H,11-16H2,1H3/t20-,21+,22-/m1/s1. The summed E-state index contributed by atoms with van der Waals surface area (Å²) >= 11 is 0. The Kier molecular flexibility index (Phi) is 4.89. The fraction of sp³-hybridized carbons (Fsp3) is 0.455. The molecule has 1 N–H and O–H groups in total. The largest absolute Gasteiger partial charge is 0.392 e. The Morgan fingerprint density at radius 2 is 1.68 bits per heavy atom. The van der Waals surface area contributed by atoms with Crippen LogP contribution in [0.15, 0.2) is 54.6 Å². The van der Waals surface area contributed by atoms with E-state index in [1.165, 1.54) is 16.7 Å². The Bertz CT molecular complexity index is 685. The lowest BCUT2D eigenvalue weighted by molar-refractivity contribution is 0.0445. The van der Waals surface area contributed by atoms with Crippen LogP contribution < -0.4 is 0 Å². The molecule has 2 aromatic carbocycles. The van der Waals surface area contributed by atoms with Gasteiger partial charge in [-0.15, -0.1) is 0 Å². The number of aliphatic hydroxyl groups is 1. The normalized spacial score (nSPS) is 27.4. The number of benzene rings is 2. The average Bonchev–Trinajstić information content (AvgIpc) is 2.97. The second-order valence-electron chi connectivity index (χ2n) is 7.76. The minimum absolute atomic E-state index is 0.151. The molecule has 2 saturated heterocycles. The van der Waals surface area contributed by atoms with E-state index >= 15 is 0 Å². The Labute approximate surface area is 150 Å². The quantitative estimate of drug-likeness (QED) is 0.930. The predicted molar refractivity (Wildman–Crippen MR) is 102 cm³/mol. The molecule has 3 heteroatoms.